The lowest BCUT2D eigenvalue weighted by Gasteiger charge is -2.24. The number of hydrogen-bond donors (Lipinski definition) is 1. The number of nitrogens with one attached hydrogen (secondary N) is 1. The number of carbonyl (C=O) groups excluding carboxylic acids is 2. The molecule has 1 fully saturated rings. The molecule has 0 saturated carbocycles. The molecule has 0 spiro atoms. The van der Waals surface area contributed by atoms with Crippen LogP contribution < -0.4 is 5.32 Å². The number of anilines is 1. The van der Waals surface area contributed by atoms with Crippen molar-refractivity contribution in [1.82, 2.24) is 24.4 Å². The van der Waals surface area contributed by atoms with Crippen LogP contribution in [0.15, 0.2) is 61.1 Å². The Kier molecular flexibility index (Phi) is 6.22. The van der Waals surface area contributed by atoms with Crippen LogP contribution in [0.1, 0.15) is 47.2 Å². The summed E-state index contributed by atoms with van der Waals surface area (Å²) in [6.07, 6.45) is 5.27. The highest BCUT2D eigenvalue weighted by molar-refractivity contribution is 6.04. The van der Waals surface area contributed by atoms with Crippen LogP contribution in [-0.4, -0.2) is 42.8 Å². The second-order valence-corrected chi connectivity index (χ2v) is 8.61. The summed E-state index contributed by atoms with van der Waals surface area (Å²) in [5.41, 5.74) is 3.26. The Hall–Kier alpha value is -4.14. The predicted molar refractivity (Wildman–Crippen MR) is 129 cm³/mol. The zero-order chi connectivity index (χ0) is 24.4. The molecule has 9 heteroatoms. The summed E-state index contributed by atoms with van der Waals surface area (Å²) in [6.45, 7) is 2.95. The van der Waals surface area contributed by atoms with Crippen LogP contribution in [0.4, 0.5) is 10.1 Å². The molecule has 1 saturated heterocycles. The molecule has 2 amide bonds. The van der Waals surface area contributed by atoms with Crippen LogP contribution in [0.25, 0.3) is 11.0 Å². The molecule has 178 valence electrons. The van der Waals surface area contributed by atoms with Crippen LogP contribution in [-0.2, 0) is 11.3 Å². The number of aromatic nitrogens is 4. The highest BCUT2D eigenvalue weighted by Gasteiger charge is 2.32. The van der Waals surface area contributed by atoms with Gasteiger partial charge in [-0.3, -0.25) is 9.59 Å². The van der Waals surface area contributed by atoms with Crippen molar-refractivity contribution in [2.75, 3.05) is 11.9 Å². The number of nitrogens with zero attached hydrogens (tertiary/aromatic N) is 5. The second kappa shape index (κ2) is 9.61. The highest BCUT2D eigenvalue weighted by atomic mass is 19.1. The number of fused-ring (bicyclic) bond motifs is 1. The summed E-state index contributed by atoms with van der Waals surface area (Å²) in [4.78, 5) is 41.0. The van der Waals surface area contributed by atoms with E-state index in [1.54, 1.807) is 13.3 Å². The number of rotatable bonds is 6. The second-order valence-electron chi connectivity index (χ2n) is 8.61. The van der Waals surface area contributed by atoms with E-state index in [9.17, 15) is 14.0 Å². The first-order chi connectivity index (χ1) is 17.0. The normalized spacial score (nSPS) is 15.5. The molecule has 0 aliphatic carbocycles. The molecule has 2 aromatic heterocycles. The van der Waals surface area contributed by atoms with E-state index in [1.807, 2.05) is 33.7 Å². The lowest BCUT2D eigenvalue weighted by molar-refractivity contribution is -0.132. The minimum Gasteiger partial charge on any atom is -0.332 e. The van der Waals surface area contributed by atoms with Crippen molar-refractivity contribution in [3.8, 4) is 0 Å². The molecule has 8 nitrogen and oxygen atoms in total. The van der Waals surface area contributed by atoms with Crippen LogP contribution >= 0.6 is 0 Å². The van der Waals surface area contributed by atoms with E-state index in [1.165, 1.54) is 30.5 Å². The van der Waals surface area contributed by atoms with Crippen molar-refractivity contribution >= 4 is 28.5 Å². The molecule has 4 aromatic rings. The van der Waals surface area contributed by atoms with Crippen molar-refractivity contribution in [3.63, 3.8) is 0 Å². The van der Waals surface area contributed by atoms with E-state index in [0.29, 0.717) is 42.3 Å². The molecule has 0 bridgehead atoms. The van der Waals surface area contributed by atoms with Crippen LogP contribution in [0.5, 0.6) is 0 Å². The Morgan fingerprint density at radius 2 is 1.91 bits per heavy atom. The van der Waals surface area contributed by atoms with E-state index in [0.717, 1.165) is 23.9 Å². The van der Waals surface area contributed by atoms with Crippen molar-refractivity contribution in [1.29, 1.82) is 0 Å². The smallest absolute Gasteiger partial charge is 0.259 e. The topological polar surface area (TPSA) is 93.0 Å². The summed E-state index contributed by atoms with van der Waals surface area (Å²) in [6, 6.07) is 13.2. The molecule has 1 atom stereocenters. The van der Waals surface area contributed by atoms with Gasteiger partial charge >= 0.3 is 0 Å². The molecule has 3 heterocycles. The summed E-state index contributed by atoms with van der Waals surface area (Å²) < 4.78 is 15.1. The van der Waals surface area contributed by atoms with Crippen LogP contribution in [0, 0.1) is 12.7 Å². The maximum atomic E-state index is 13.1. The fourth-order valence-corrected chi connectivity index (χ4v) is 4.48. The van der Waals surface area contributed by atoms with Gasteiger partial charge in [0.05, 0.1) is 34.7 Å². The first kappa shape index (κ1) is 22.6. The third kappa shape index (κ3) is 4.75. The van der Waals surface area contributed by atoms with Crippen LogP contribution in [0.3, 0.4) is 0 Å². The predicted octanol–water partition coefficient (Wildman–Crippen LogP) is 4.28. The standard InChI is InChI=1S/C26H25FN6O2/c1-17-20(26(35)31-19-10-8-18(27)9-11-19)15-28-25(30-17)23-7-4-13-33(23)24(34)12-14-32-16-29-21-5-2-3-6-22(21)32/h2-3,5-6,8-11,15-16,23H,4,7,12-14H2,1H3,(H,31,35)/t23-/m0/s1. The molecule has 1 aliphatic rings. The lowest BCUT2D eigenvalue weighted by atomic mass is 10.1. The number of para-hydroxylation sites is 2. The third-order valence-corrected chi connectivity index (χ3v) is 6.31. The molecule has 2 aromatic carbocycles. The van der Waals surface area contributed by atoms with Gasteiger partial charge in [0, 0.05) is 31.4 Å². The van der Waals surface area contributed by atoms with Gasteiger partial charge in [-0.1, -0.05) is 12.1 Å². The van der Waals surface area contributed by atoms with Crippen molar-refractivity contribution < 1.29 is 14.0 Å². The van der Waals surface area contributed by atoms with Crippen molar-refractivity contribution in [2.24, 2.45) is 0 Å². The molecule has 0 unspecified atom stereocenters. The first-order valence-corrected chi connectivity index (χ1v) is 11.6. The van der Waals surface area contributed by atoms with Gasteiger partial charge in [0.15, 0.2) is 5.82 Å². The number of carbonyl (C=O) groups is 2. The van der Waals surface area contributed by atoms with Gasteiger partial charge in [0.2, 0.25) is 5.91 Å². The van der Waals surface area contributed by atoms with E-state index in [2.05, 4.69) is 20.3 Å². The average molecular weight is 473 g/mol. The number of imidazole rings is 1. The summed E-state index contributed by atoms with van der Waals surface area (Å²) in [7, 11) is 0. The minimum atomic E-state index is -0.374. The molecule has 0 radical (unpaired) electrons. The molecule has 1 aliphatic heterocycles. The van der Waals surface area contributed by atoms with Gasteiger partial charge in [-0.25, -0.2) is 19.3 Å². The molecule has 5 rings (SSSR count). The number of aryl methyl sites for hydroxylation is 2. The van der Waals surface area contributed by atoms with E-state index in [-0.39, 0.29) is 23.7 Å². The zero-order valence-electron chi connectivity index (χ0n) is 19.3. The Balaban J connectivity index is 1.26. The summed E-state index contributed by atoms with van der Waals surface area (Å²) in [5.74, 6) is -0.155. The fourth-order valence-electron chi connectivity index (χ4n) is 4.48. The number of amides is 2. The zero-order valence-corrected chi connectivity index (χ0v) is 19.3. The van der Waals surface area contributed by atoms with Crippen LogP contribution in [0.2, 0.25) is 0 Å². The monoisotopic (exact) mass is 472 g/mol. The van der Waals surface area contributed by atoms with Crippen molar-refractivity contribution in [3.05, 3.63) is 84.0 Å². The van der Waals surface area contributed by atoms with Gasteiger partial charge in [-0.15, -0.1) is 0 Å². The number of halogens is 1. The summed E-state index contributed by atoms with van der Waals surface area (Å²) in [5, 5.41) is 2.73. The number of benzene rings is 2. The average Bonchev–Trinajstić information content (AvgIpc) is 3.51. The Morgan fingerprint density at radius 1 is 1.11 bits per heavy atom. The Bertz CT molecular complexity index is 1380. The van der Waals surface area contributed by atoms with E-state index >= 15 is 0 Å². The maximum Gasteiger partial charge on any atom is 0.259 e. The highest BCUT2D eigenvalue weighted by Crippen LogP contribution is 2.31. The minimum absolute atomic E-state index is 0.0460. The van der Waals surface area contributed by atoms with Gasteiger partial charge < -0.3 is 14.8 Å². The van der Waals surface area contributed by atoms with Gasteiger partial charge in [-0.2, -0.15) is 0 Å². The number of hydrogen-bond acceptors (Lipinski definition) is 5. The van der Waals surface area contributed by atoms with Gasteiger partial charge in [0.25, 0.3) is 5.91 Å². The quantitative estimate of drug-likeness (QED) is 0.452. The molecular formula is C26H25FN6O2. The van der Waals surface area contributed by atoms with E-state index < -0.39 is 0 Å². The first-order valence-electron chi connectivity index (χ1n) is 11.6. The Morgan fingerprint density at radius 3 is 2.71 bits per heavy atom. The largest absolute Gasteiger partial charge is 0.332 e. The lowest BCUT2D eigenvalue weighted by Crippen LogP contribution is -2.32. The maximum absolute atomic E-state index is 13.1. The van der Waals surface area contributed by atoms with Gasteiger partial charge in [-0.05, 0) is 56.2 Å². The molecular weight excluding hydrogens is 447 g/mol. The SMILES string of the molecule is Cc1nc([C@@H]2CCCN2C(=O)CCn2cnc3ccccc32)ncc1C(=O)Nc1ccc(F)cc1. The Labute approximate surface area is 201 Å². The number of likely N-dealkylation sites (tertiary alicyclic amines) is 1. The van der Waals surface area contributed by atoms with Gasteiger partial charge in [0.1, 0.15) is 5.82 Å². The third-order valence-electron chi connectivity index (χ3n) is 6.31. The fraction of sp³-hybridized carbons (Fsp3) is 0.269. The molecule has 35 heavy (non-hydrogen) atoms. The van der Waals surface area contributed by atoms with Crippen molar-refractivity contribution in [2.45, 2.75) is 38.8 Å². The summed E-state index contributed by atoms with van der Waals surface area (Å²) >= 11 is 0. The van der Waals surface area contributed by atoms with E-state index in [4.69, 9.17) is 0 Å². The molecule has 1 N–H and O–H groups in total.